The first-order valence-corrected chi connectivity index (χ1v) is 10.7. The largest absolute Gasteiger partial charge is 0.467 e. The number of piperidine rings is 1. The van der Waals surface area contributed by atoms with Gasteiger partial charge in [0, 0.05) is 18.7 Å². The van der Waals surface area contributed by atoms with Gasteiger partial charge in [-0.05, 0) is 43.0 Å². The zero-order valence-electron chi connectivity index (χ0n) is 16.1. The van der Waals surface area contributed by atoms with Crippen LogP contribution in [0.25, 0.3) is 0 Å². The molecule has 27 heavy (non-hydrogen) atoms. The summed E-state index contributed by atoms with van der Waals surface area (Å²) in [5.41, 5.74) is 0.296. The van der Waals surface area contributed by atoms with E-state index in [1.807, 2.05) is 13.8 Å². The maximum absolute atomic E-state index is 12.7. The molecule has 2 rings (SSSR count). The van der Waals surface area contributed by atoms with Crippen LogP contribution < -0.4 is 5.32 Å². The van der Waals surface area contributed by atoms with E-state index >= 15 is 0 Å². The normalized spacial score (nSPS) is 17.7. The molecule has 1 N–H and O–H groups in total. The third kappa shape index (κ3) is 5.07. The van der Waals surface area contributed by atoms with Crippen LogP contribution in [0.2, 0.25) is 0 Å². The molecule has 0 aromatic heterocycles. The minimum atomic E-state index is -3.53. The smallest absolute Gasteiger partial charge is 0.328 e. The van der Waals surface area contributed by atoms with Gasteiger partial charge < -0.3 is 10.1 Å². The number of nitrogens with one attached hydrogen (secondary N) is 1. The Labute approximate surface area is 161 Å². The highest BCUT2D eigenvalue weighted by Gasteiger charge is 2.28. The number of benzene rings is 1. The second-order valence-corrected chi connectivity index (χ2v) is 8.79. The molecule has 0 radical (unpaired) electrons. The summed E-state index contributed by atoms with van der Waals surface area (Å²) in [7, 11) is -2.25. The molecule has 1 fully saturated rings. The molecule has 0 spiro atoms. The summed E-state index contributed by atoms with van der Waals surface area (Å²) in [6.45, 7) is 4.84. The fourth-order valence-corrected chi connectivity index (χ4v) is 4.57. The van der Waals surface area contributed by atoms with Crippen molar-refractivity contribution in [2.75, 3.05) is 20.2 Å². The van der Waals surface area contributed by atoms with E-state index in [1.165, 1.54) is 35.7 Å². The summed E-state index contributed by atoms with van der Waals surface area (Å²) < 4.78 is 31.6. The molecule has 2 atom stereocenters. The average Bonchev–Trinajstić information content (AvgIpc) is 2.71. The lowest BCUT2D eigenvalue weighted by molar-refractivity contribution is -0.144. The van der Waals surface area contributed by atoms with Gasteiger partial charge in [0.25, 0.3) is 5.91 Å². The fraction of sp³-hybridized carbons (Fsp3) is 0.579. The van der Waals surface area contributed by atoms with E-state index in [9.17, 15) is 18.0 Å². The van der Waals surface area contributed by atoms with Crippen molar-refractivity contribution in [3.63, 3.8) is 0 Å². The van der Waals surface area contributed by atoms with Gasteiger partial charge in [0.05, 0.1) is 12.0 Å². The van der Waals surface area contributed by atoms with Crippen molar-refractivity contribution >= 4 is 21.9 Å². The Balaban J connectivity index is 2.13. The Hall–Kier alpha value is -1.93. The van der Waals surface area contributed by atoms with Gasteiger partial charge >= 0.3 is 5.97 Å². The van der Waals surface area contributed by atoms with Crippen molar-refractivity contribution < 1.29 is 22.7 Å². The Morgan fingerprint density at radius 3 is 2.26 bits per heavy atom. The lowest BCUT2D eigenvalue weighted by atomic mass is 9.99. The fourth-order valence-electron chi connectivity index (χ4n) is 3.05. The van der Waals surface area contributed by atoms with Crippen molar-refractivity contribution in [3.8, 4) is 0 Å². The van der Waals surface area contributed by atoms with Crippen LogP contribution in [-0.4, -0.2) is 50.8 Å². The summed E-state index contributed by atoms with van der Waals surface area (Å²) in [5.74, 6) is -1.02. The van der Waals surface area contributed by atoms with Gasteiger partial charge in [-0.1, -0.05) is 26.7 Å². The van der Waals surface area contributed by atoms with E-state index in [-0.39, 0.29) is 10.8 Å². The zero-order chi connectivity index (χ0) is 20.0. The highest BCUT2D eigenvalue weighted by atomic mass is 32.2. The number of hydrogen-bond acceptors (Lipinski definition) is 5. The molecule has 1 aromatic rings. The first kappa shape index (κ1) is 21.4. The first-order chi connectivity index (χ1) is 12.8. The molecule has 0 unspecified atom stereocenters. The number of sulfonamides is 1. The highest BCUT2D eigenvalue weighted by Crippen LogP contribution is 2.21. The first-order valence-electron chi connectivity index (χ1n) is 9.30. The minimum Gasteiger partial charge on any atom is -0.467 e. The molecule has 1 saturated heterocycles. The van der Waals surface area contributed by atoms with E-state index in [2.05, 4.69) is 5.32 Å². The quantitative estimate of drug-likeness (QED) is 0.713. The van der Waals surface area contributed by atoms with E-state index in [0.717, 1.165) is 19.3 Å². The predicted octanol–water partition coefficient (Wildman–Crippen LogP) is 2.18. The van der Waals surface area contributed by atoms with E-state index in [0.29, 0.717) is 25.1 Å². The van der Waals surface area contributed by atoms with Crippen molar-refractivity contribution in [1.82, 2.24) is 9.62 Å². The molecule has 150 valence electrons. The van der Waals surface area contributed by atoms with Crippen LogP contribution in [0, 0.1) is 5.92 Å². The second-order valence-electron chi connectivity index (χ2n) is 6.85. The van der Waals surface area contributed by atoms with Gasteiger partial charge in [0.1, 0.15) is 6.04 Å². The van der Waals surface area contributed by atoms with Crippen LogP contribution in [-0.2, 0) is 19.6 Å². The zero-order valence-corrected chi connectivity index (χ0v) is 16.9. The molecule has 1 heterocycles. The van der Waals surface area contributed by atoms with E-state index < -0.39 is 27.9 Å². The molecule has 1 aliphatic rings. The Bertz CT molecular complexity index is 755. The van der Waals surface area contributed by atoms with Crippen LogP contribution in [0.1, 0.15) is 49.9 Å². The molecule has 1 aromatic carbocycles. The predicted molar refractivity (Wildman–Crippen MR) is 102 cm³/mol. The van der Waals surface area contributed by atoms with Gasteiger partial charge in [-0.15, -0.1) is 0 Å². The summed E-state index contributed by atoms with van der Waals surface area (Å²) in [5, 5.41) is 2.68. The van der Waals surface area contributed by atoms with Crippen LogP contribution in [0.15, 0.2) is 29.2 Å². The van der Waals surface area contributed by atoms with Crippen molar-refractivity contribution in [1.29, 1.82) is 0 Å². The van der Waals surface area contributed by atoms with Crippen molar-refractivity contribution in [3.05, 3.63) is 29.8 Å². The number of carbonyl (C=O) groups excluding carboxylic acids is 2. The number of hydrogen-bond donors (Lipinski definition) is 1. The van der Waals surface area contributed by atoms with Crippen molar-refractivity contribution in [2.24, 2.45) is 5.92 Å². The molecule has 1 amide bonds. The third-order valence-corrected chi connectivity index (χ3v) is 6.94. The number of carbonyl (C=O) groups is 2. The SMILES string of the molecule is CC[C@@H](C)[C@@H](NC(=O)c1ccc(S(=O)(=O)N2CCCCC2)cc1)C(=O)OC. The maximum Gasteiger partial charge on any atom is 0.328 e. The monoisotopic (exact) mass is 396 g/mol. The van der Waals surface area contributed by atoms with Crippen LogP contribution >= 0.6 is 0 Å². The molecule has 0 saturated carbocycles. The van der Waals surface area contributed by atoms with Gasteiger partial charge in [0.15, 0.2) is 0 Å². The Morgan fingerprint density at radius 2 is 1.74 bits per heavy atom. The van der Waals surface area contributed by atoms with Gasteiger partial charge in [0.2, 0.25) is 10.0 Å². The summed E-state index contributed by atoms with van der Waals surface area (Å²) in [4.78, 5) is 24.6. The number of methoxy groups -OCH3 is 1. The Morgan fingerprint density at radius 1 is 1.15 bits per heavy atom. The number of nitrogens with zero attached hydrogens (tertiary/aromatic N) is 1. The molecular formula is C19H28N2O5S. The molecule has 0 aliphatic carbocycles. The molecule has 7 nitrogen and oxygen atoms in total. The third-order valence-electron chi connectivity index (χ3n) is 5.02. The number of ether oxygens (including phenoxy) is 1. The van der Waals surface area contributed by atoms with Gasteiger partial charge in [-0.25, -0.2) is 13.2 Å². The number of esters is 1. The van der Waals surface area contributed by atoms with E-state index in [4.69, 9.17) is 4.74 Å². The number of rotatable bonds is 7. The van der Waals surface area contributed by atoms with Crippen LogP contribution in [0.3, 0.4) is 0 Å². The lowest BCUT2D eigenvalue weighted by Gasteiger charge is -2.26. The minimum absolute atomic E-state index is 0.0832. The highest BCUT2D eigenvalue weighted by molar-refractivity contribution is 7.89. The average molecular weight is 397 g/mol. The summed E-state index contributed by atoms with van der Waals surface area (Å²) in [6, 6.07) is 5.07. The second kappa shape index (κ2) is 9.32. The lowest BCUT2D eigenvalue weighted by Crippen LogP contribution is -2.45. The summed E-state index contributed by atoms with van der Waals surface area (Å²) in [6.07, 6.45) is 3.48. The van der Waals surface area contributed by atoms with E-state index in [1.54, 1.807) is 0 Å². The summed E-state index contributed by atoms with van der Waals surface area (Å²) >= 11 is 0. The van der Waals surface area contributed by atoms with Crippen LogP contribution in [0.4, 0.5) is 0 Å². The molecular weight excluding hydrogens is 368 g/mol. The van der Waals surface area contributed by atoms with Gasteiger partial charge in [-0.3, -0.25) is 4.79 Å². The number of amides is 1. The topological polar surface area (TPSA) is 92.8 Å². The Kier molecular flexibility index (Phi) is 7.38. The maximum atomic E-state index is 12.7. The van der Waals surface area contributed by atoms with Gasteiger partial charge in [-0.2, -0.15) is 4.31 Å². The van der Waals surface area contributed by atoms with Crippen LogP contribution in [0.5, 0.6) is 0 Å². The molecule has 8 heteroatoms. The standard InChI is InChI=1S/C19H28N2O5S/c1-4-14(2)17(19(23)26-3)20-18(22)15-8-10-16(11-9-15)27(24,25)21-12-6-5-7-13-21/h8-11,14,17H,4-7,12-13H2,1-3H3,(H,20,22)/t14-,17-/m1/s1. The molecule has 0 bridgehead atoms. The molecule has 1 aliphatic heterocycles. The van der Waals surface area contributed by atoms with Crippen molar-refractivity contribution in [2.45, 2.75) is 50.5 Å².